The van der Waals surface area contributed by atoms with Crippen LogP contribution in [-0.2, 0) is 22.6 Å². The average molecular weight is 565 g/mol. The van der Waals surface area contributed by atoms with Gasteiger partial charge in [0, 0.05) is 25.6 Å². The molecular weight excluding hydrogens is 537 g/mol. The molecule has 198 valence electrons. The van der Waals surface area contributed by atoms with Gasteiger partial charge < -0.3 is 10.1 Å². The van der Waals surface area contributed by atoms with E-state index in [1.54, 1.807) is 19.1 Å². The van der Waals surface area contributed by atoms with Gasteiger partial charge in [0.05, 0.1) is 16.5 Å². The summed E-state index contributed by atoms with van der Waals surface area (Å²) in [5.41, 5.74) is 0.710. The highest BCUT2D eigenvalue weighted by Crippen LogP contribution is 2.40. The number of alkyl halides is 3. The topological polar surface area (TPSA) is 121 Å². The maximum atomic E-state index is 13.0. The first-order chi connectivity index (χ1) is 16.8. The molecule has 0 saturated carbocycles. The molecule has 3 N–H and O–H groups in total. The summed E-state index contributed by atoms with van der Waals surface area (Å²) in [6.07, 6.45) is -4.26. The van der Waals surface area contributed by atoms with E-state index in [0.29, 0.717) is 23.3 Å². The minimum absolute atomic E-state index is 0.00673. The first-order valence-electron chi connectivity index (χ1n) is 10.7. The summed E-state index contributed by atoms with van der Waals surface area (Å²) in [7, 11) is -2.50. The van der Waals surface area contributed by atoms with E-state index in [9.17, 15) is 26.4 Å². The van der Waals surface area contributed by atoms with E-state index in [4.69, 9.17) is 10.1 Å². The molecule has 8 nitrogen and oxygen atoms in total. The summed E-state index contributed by atoms with van der Waals surface area (Å²) in [5, 5.41) is 10.8. The summed E-state index contributed by atoms with van der Waals surface area (Å²) in [4.78, 5) is 15.2. The Morgan fingerprint density at radius 1 is 1.25 bits per heavy atom. The Morgan fingerprint density at radius 2 is 1.89 bits per heavy atom. The Balaban J connectivity index is 2.00. The van der Waals surface area contributed by atoms with Gasteiger partial charge in [-0.3, -0.25) is 19.9 Å². The van der Waals surface area contributed by atoms with Gasteiger partial charge in [-0.1, -0.05) is 26.0 Å². The molecule has 36 heavy (non-hydrogen) atoms. The van der Waals surface area contributed by atoms with Gasteiger partial charge in [0.1, 0.15) is 15.5 Å². The van der Waals surface area contributed by atoms with Gasteiger partial charge >= 0.3 is 6.18 Å². The summed E-state index contributed by atoms with van der Waals surface area (Å²) >= 11 is 1.25. The highest BCUT2D eigenvalue weighted by atomic mass is 32.2. The Morgan fingerprint density at radius 3 is 2.42 bits per heavy atom. The Labute approximate surface area is 216 Å². The van der Waals surface area contributed by atoms with Crippen LogP contribution in [0.1, 0.15) is 40.9 Å². The van der Waals surface area contributed by atoms with Crippen LogP contribution in [0.2, 0.25) is 0 Å². The van der Waals surface area contributed by atoms with Gasteiger partial charge in [-0.15, -0.1) is 11.3 Å². The molecule has 0 radical (unpaired) electrons. The van der Waals surface area contributed by atoms with Crippen LogP contribution in [0.4, 0.5) is 13.2 Å². The van der Waals surface area contributed by atoms with E-state index in [1.165, 1.54) is 19.2 Å². The van der Waals surface area contributed by atoms with Crippen LogP contribution in [0.3, 0.4) is 0 Å². The average Bonchev–Trinajstić information content (AvgIpc) is 3.23. The Hall–Kier alpha value is -2.58. The number of nitrogens with zero attached hydrogens (tertiary/aromatic N) is 1. The number of hydrogen-bond acceptors (Lipinski definition) is 8. The second kappa shape index (κ2) is 12.6. The number of sulfonamides is 1. The third kappa shape index (κ3) is 8.23. The van der Waals surface area contributed by atoms with E-state index in [0.717, 1.165) is 17.8 Å². The fourth-order valence-corrected chi connectivity index (χ4v) is 5.53. The molecule has 1 aromatic heterocycles. The van der Waals surface area contributed by atoms with E-state index in [2.05, 4.69) is 15.0 Å². The van der Waals surface area contributed by atoms with E-state index in [-0.39, 0.29) is 44.8 Å². The molecular formula is C22H27F3N4O4S3. The standard InChI is InChI=1S/C22H27F3N4O4S3/c1-5-33-16-12-17(22(23,24)25)34-18(16)20(30)28-11-10-14-6-8-15(9-7-14)36(31,32)29-21(27-4)35-19(26)13(2)3/h6-9,12-13,26H,5,10-11H2,1-4H3,(H,27,29)(H,28,30). The number of ether oxygens (including phenoxy) is 1. The first kappa shape index (κ1) is 29.6. The number of thiophene rings is 1. The number of hydrogen-bond donors (Lipinski definition) is 3. The lowest BCUT2D eigenvalue weighted by molar-refractivity contribution is -0.134. The van der Waals surface area contributed by atoms with Crippen LogP contribution in [0, 0.1) is 11.3 Å². The lowest BCUT2D eigenvalue weighted by Gasteiger charge is -2.12. The summed E-state index contributed by atoms with van der Waals surface area (Å²) in [6.45, 7) is 5.47. The number of halogens is 3. The smallest absolute Gasteiger partial charge is 0.425 e. The minimum atomic E-state index is -4.58. The number of nitrogens with one attached hydrogen (secondary N) is 3. The summed E-state index contributed by atoms with van der Waals surface area (Å²) in [6, 6.07) is 6.76. The fourth-order valence-electron chi connectivity index (χ4n) is 2.68. The molecule has 0 fully saturated rings. The third-order valence-corrected chi connectivity index (χ3v) is 8.39. The lowest BCUT2D eigenvalue weighted by atomic mass is 10.1. The van der Waals surface area contributed by atoms with Crippen LogP contribution in [0.25, 0.3) is 0 Å². The van der Waals surface area contributed by atoms with Crippen molar-refractivity contribution in [3.63, 3.8) is 0 Å². The zero-order valence-corrected chi connectivity index (χ0v) is 22.5. The molecule has 0 aliphatic carbocycles. The van der Waals surface area contributed by atoms with E-state index < -0.39 is 27.0 Å². The molecule has 0 spiro atoms. The van der Waals surface area contributed by atoms with E-state index >= 15 is 0 Å². The molecule has 0 aliphatic heterocycles. The molecule has 0 saturated heterocycles. The highest BCUT2D eigenvalue weighted by molar-refractivity contribution is 8.27. The highest BCUT2D eigenvalue weighted by Gasteiger charge is 2.35. The van der Waals surface area contributed by atoms with Crippen molar-refractivity contribution in [2.45, 2.75) is 38.3 Å². The summed E-state index contributed by atoms with van der Waals surface area (Å²) < 4.78 is 71.9. The lowest BCUT2D eigenvalue weighted by Crippen LogP contribution is -2.30. The number of carbonyl (C=O) groups is 1. The van der Waals surface area contributed by atoms with Crippen LogP contribution in [0.5, 0.6) is 5.75 Å². The number of amides is 1. The molecule has 1 aromatic carbocycles. The maximum absolute atomic E-state index is 13.0. The SMILES string of the molecule is CCOc1cc(C(F)(F)F)sc1C(=O)NCCc1ccc(S(=O)(=O)NC(=NC)SC(=N)C(C)C)cc1. The van der Waals surface area contributed by atoms with E-state index in [1.807, 2.05) is 13.8 Å². The number of carbonyl (C=O) groups excluding carboxylic acids is 1. The van der Waals surface area contributed by atoms with Crippen molar-refractivity contribution in [1.82, 2.24) is 10.0 Å². The van der Waals surface area contributed by atoms with Crippen molar-refractivity contribution in [2.75, 3.05) is 20.2 Å². The maximum Gasteiger partial charge on any atom is 0.425 e. The predicted octanol–water partition coefficient (Wildman–Crippen LogP) is 4.77. The molecule has 0 aliphatic rings. The van der Waals surface area contributed by atoms with Gasteiger partial charge in [-0.25, -0.2) is 8.42 Å². The summed E-state index contributed by atoms with van der Waals surface area (Å²) in [5.74, 6) is -0.877. The third-order valence-electron chi connectivity index (χ3n) is 4.57. The van der Waals surface area contributed by atoms with Gasteiger partial charge in [0.25, 0.3) is 15.9 Å². The molecule has 2 aromatic rings. The molecule has 1 heterocycles. The van der Waals surface area contributed by atoms with Crippen molar-refractivity contribution in [3.8, 4) is 5.75 Å². The molecule has 14 heteroatoms. The van der Waals surface area contributed by atoms with Crippen molar-refractivity contribution in [1.29, 1.82) is 5.41 Å². The van der Waals surface area contributed by atoms with Gasteiger partial charge in [-0.05, 0) is 42.8 Å². The van der Waals surface area contributed by atoms with Crippen molar-refractivity contribution >= 4 is 49.2 Å². The molecule has 1 amide bonds. The molecule has 0 unspecified atom stereocenters. The largest absolute Gasteiger partial charge is 0.492 e. The van der Waals surface area contributed by atoms with Crippen molar-refractivity contribution in [2.24, 2.45) is 10.9 Å². The zero-order chi connectivity index (χ0) is 27.1. The van der Waals surface area contributed by atoms with Gasteiger partial charge in [-0.2, -0.15) is 13.2 Å². The molecule has 0 atom stereocenters. The van der Waals surface area contributed by atoms with Crippen molar-refractivity contribution in [3.05, 3.63) is 45.6 Å². The number of thioether (sulfide) groups is 1. The number of amidine groups is 1. The molecule has 2 rings (SSSR count). The van der Waals surface area contributed by atoms with Crippen LogP contribution >= 0.6 is 23.1 Å². The normalized spacial score (nSPS) is 12.5. The molecule has 0 bridgehead atoms. The van der Waals surface area contributed by atoms with Crippen molar-refractivity contribution < 1.29 is 31.1 Å². The Kier molecular flexibility index (Phi) is 10.4. The fraction of sp³-hybridized carbons (Fsp3) is 0.409. The quantitative estimate of drug-likeness (QED) is 0.299. The number of rotatable bonds is 9. The number of benzene rings is 1. The zero-order valence-electron chi connectivity index (χ0n) is 20.0. The van der Waals surface area contributed by atoms with Crippen LogP contribution in [0.15, 0.2) is 40.2 Å². The van der Waals surface area contributed by atoms with Crippen LogP contribution < -0.4 is 14.8 Å². The monoisotopic (exact) mass is 564 g/mol. The predicted molar refractivity (Wildman–Crippen MR) is 137 cm³/mol. The van der Waals surface area contributed by atoms with Gasteiger partial charge in [0.2, 0.25) is 0 Å². The second-order valence-electron chi connectivity index (χ2n) is 7.64. The second-order valence-corrected chi connectivity index (χ2v) is 11.4. The van der Waals surface area contributed by atoms with Crippen LogP contribution in [-0.4, -0.2) is 44.7 Å². The number of aliphatic imine (C=N–C) groups is 1. The Bertz CT molecular complexity index is 1210. The van der Waals surface area contributed by atoms with Gasteiger partial charge in [0.15, 0.2) is 5.17 Å². The first-order valence-corrected chi connectivity index (χ1v) is 13.9. The minimum Gasteiger partial charge on any atom is -0.492 e.